The molecule has 0 radical (unpaired) electrons. The second kappa shape index (κ2) is 2.63. The molecular formula is C12H17NO. The molecule has 3 unspecified atom stereocenters. The minimum atomic E-state index is 0.181. The van der Waals surface area contributed by atoms with Crippen molar-refractivity contribution in [1.82, 2.24) is 5.32 Å². The Morgan fingerprint density at radius 1 is 1.57 bits per heavy atom. The lowest BCUT2D eigenvalue weighted by molar-refractivity contribution is 0.277. The van der Waals surface area contributed by atoms with Gasteiger partial charge in [-0.15, -0.1) is 0 Å². The first-order chi connectivity index (χ1) is 6.72. The number of hydrogen-bond donors (Lipinski definition) is 1. The molecule has 2 heterocycles. The summed E-state index contributed by atoms with van der Waals surface area (Å²) in [4.78, 5) is 0. The van der Waals surface area contributed by atoms with Crippen LogP contribution in [0.2, 0.25) is 0 Å². The smallest absolute Gasteiger partial charge is 0.110 e. The van der Waals surface area contributed by atoms with Crippen LogP contribution in [-0.2, 0) is 12.0 Å². The molecule has 2 aliphatic rings. The largest absolute Gasteiger partial charge is 0.469 e. The lowest BCUT2D eigenvalue weighted by atomic mass is 9.83. The molecule has 1 saturated carbocycles. The summed E-state index contributed by atoms with van der Waals surface area (Å²) in [5.74, 6) is 2.87. The Morgan fingerprint density at radius 2 is 2.36 bits per heavy atom. The van der Waals surface area contributed by atoms with Gasteiger partial charge in [-0.3, -0.25) is 0 Å². The molecule has 76 valence electrons. The number of furan rings is 1. The summed E-state index contributed by atoms with van der Waals surface area (Å²) in [7, 11) is 0. The maximum absolute atomic E-state index is 5.52. The van der Waals surface area contributed by atoms with Crippen LogP contribution in [0.4, 0.5) is 0 Å². The van der Waals surface area contributed by atoms with E-state index in [-0.39, 0.29) is 5.54 Å². The topological polar surface area (TPSA) is 25.2 Å². The molecule has 1 fully saturated rings. The van der Waals surface area contributed by atoms with Gasteiger partial charge in [0, 0.05) is 24.1 Å². The van der Waals surface area contributed by atoms with E-state index in [0.717, 1.165) is 24.8 Å². The summed E-state index contributed by atoms with van der Waals surface area (Å²) in [6.45, 7) is 5.72. The monoisotopic (exact) mass is 191 g/mol. The molecule has 1 aromatic heterocycles. The van der Waals surface area contributed by atoms with Gasteiger partial charge in [0.15, 0.2) is 0 Å². The molecular weight excluding hydrogens is 174 g/mol. The molecule has 14 heavy (non-hydrogen) atoms. The van der Waals surface area contributed by atoms with Crippen molar-refractivity contribution >= 4 is 0 Å². The summed E-state index contributed by atoms with van der Waals surface area (Å²) < 4.78 is 5.52. The van der Waals surface area contributed by atoms with Crippen LogP contribution in [0.3, 0.4) is 0 Å². The van der Waals surface area contributed by atoms with Crippen LogP contribution >= 0.6 is 0 Å². The standard InChI is InChI=1S/C12H17NO/c1-8-7-10(8)12(2)9-4-6-14-11(9)3-5-13-12/h4,6,8,10,13H,3,5,7H2,1-2H3. The van der Waals surface area contributed by atoms with E-state index >= 15 is 0 Å². The molecule has 1 N–H and O–H groups in total. The van der Waals surface area contributed by atoms with Crippen molar-refractivity contribution in [2.45, 2.75) is 32.2 Å². The zero-order chi connectivity index (χ0) is 9.76. The van der Waals surface area contributed by atoms with E-state index in [2.05, 4.69) is 25.2 Å². The fraction of sp³-hybridized carbons (Fsp3) is 0.667. The SMILES string of the molecule is CC1CC1C1(C)NCCc2occc21. The fourth-order valence-electron chi connectivity index (χ4n) is 2.99. The highest BCUT2D eigenvalue weighted by Gasteiger charge is 2.50. The predicted octanol–water partition coefficient (Wildman–Crippen LogP) is 2.30. The third-order valence-electron chi connectivity index (χ3n) is 4.00. The van der Waals surface area contributed by atoms with E-state index in [1.165, 1.54) is 17.7 Å². The van der Waals surface area contributed by atoms with Gasteiger partial charge in [-0.05, 0) is 31.2 Å². The Hall–Kier alpha value is -0.760. The highest BCUT2D eigenvalue weighted by molar-refractivity contribution is 5.32. The third kappa shape index (κ3) is 1.01. The Morgan fingerprint density at radius 3 is 3.07 bits per heavy atom. The van der Waals surface area contributed by atoms with Crippen LogP contribution in [0.5, 0.6) is 0 Å². The van der Waals surface area contributed by atoms with E-state index < -0.39 is 0 Å². The first-order valence-corrected chi connectivity index (χ1v) is 5.53. The van der Waals surface area contributed by atoms with Gasteiger partial charge < -0.3 is 9.73 Å². The Balaban J connectivity index is 2.02. The summed E-state index contributed by atoms with van der Waals surface area (Å²) in [5.41, 5.74) is 1.58. The molecule has 0 spiro atoms. The highest BCUT2D eigenvalue weighted by atomic mass is 16.3. The third-order valence-corrected chi connectivity index (χ3v) is 4.00. The van der Waals surface area contributed by atoms with Gasteiger partial charge >= 0.3 is 0 Å². The van der Waals surface area contributed by atoms with Crippen LogP contribution in [0.25, 0.3) is 0 Å². The first-order valence-electron chi connectivity index (χ1n) is 5.53. The molecule has 1 aliphatic heterocycles. The summed E-state index contributed by atoms with van der Waals surface area (Å²) in [6.07, 6.45) is 4.23. The fourth-order valence-corrected chi connectivity index (χ4v) is 2.99. The van der Waals surface area contributed by atoms with Crippen LogP contribution in [-0.4, -0.2) is 6.54 Å². The second-order valence-electron chi connectivity index (χ2n) is 4.96. The van der Waals surface area contributed by atoms with Crippen LogP contribution in [0, 0.1) is 11.8 Å². The predicted molar refractivity (Wildman–Crippen MR) is 55.0 cm³/mol. The van der Waals surface area contributed by atoms with Gasteiger partial charge in [0.2, 0.25) is 0 Å². The molecule has 3 rings (SSSR count). The van der Waals surface area contributed by atoms with Crippen molar-refractivity contribution in [3.8, 4) is 0 Å². The second-order valence-corrected chi connectivity index (χ2v) is 4.96. The van der Waals surface area contributed by atoms with Crippen molar-refractivity contribution in [1.29, 1.82) is 0 Å². The Labute approximate surface area is 84.7 Å². The maximum atomic E-state index is 5.52. The van der Waals surface area contributed by atoms with Gasteiger partial charge in [0.05, 0.1) is 6.26 Å². The maximum Gasteiger partial charge on any atom is 0.110 e. The minimum absolute atomic E-state index is 0.181. The first kappa shape index (κ1) is 8.54. The molecule has 0 saturated heterocycles. The lowest BCUT2D eigenvalue weighted by Crippen LogP contribution is -2.46. The van der Waals surface area contributed by atoms with Crippen molar-refractivity contribution in [2.24, 2.45) is 11.8 Å². The van der Waals surface area contributed by atoms with Gasteiger partial charge in [-0.1, -0.05) is 6.92 Å². The molecule has 0 bridgehead atoms. The van der Waals surface area contributed by atoms with Gasteiger partial charge in [0.25, 0.3) is 0 Å². The van der Waals surface area contributed by atoms with Gasteiger partial charge in [-0.2, -0.15) is 0 Å². The zero-order valence-corrected chi connectivity index (χ0v) is 8.84. The molecule has 0 amide bonds. The van der Waals surface area contributed by atoms with Gasteiger partial charge in [0.1, 0.15) is 5.76 Å². The normalized spacial score (nSPS) is 40.7. The molecule has 1 aliphatic carbocycles. The van der Waals surface area contributed by atoms with Gasteiger partial charge in [-0.25, -0.2) is 0 Å². The summed E-state index contributed by atoms with van der Waals surface area (Å²) >= 11 is 0. The quantitative estimate of drug-likeness (QED) is 0.736. The zero-order valence-electron chi connectivity index (χ0n) is 8.84. The molecule has 2 heteroatoms. The van der Waals surface area contributed by atoms with Crippen LogP contribution in [0.1, 0.15) is 31.6 Å². The summed E-state index contributed by atoms with van der Waals surface area (Å²) in [6, 6.07) is 2.15. The van der Waals surface area contributed by atoms with Crippen molar-refractivity contribution < 1.29 is 4.42 Å². The van der Waals surface area contributed by atoms with Crippen molar-refractivity contribution in [2.75, 3.05) is 6.54 Å². The molecule has 0 aromatic carbocycles. The Kier molecular flexibility index (Phi) is 1.61. The van der Waals surface area contributed by atoms with E-state index in [0.29, 0.717) is 0 Å². The number of fused-ring (bicyclic) bond motifs is 1. The van der Waals surface area contributed by atoms with Crippen LogP contribution < -0.4 is 5.32 Å². The van der Waals surface area contributed by atoms with Crippen molar-refractivity contribution in [3.63, 3.8) is 0 Å². The number of nitrogens with one attached hydrogen (secondary N) is 1. The number of rotatable bonds is 1. The summed E-state index contributed by atoms with van der Waals surface area (Å²) in [5, 5.41) is 3.67. The average Bonchev–Trinajstić information content (AvgIpc) is 2.73. The van der Waals surface area contributed by atoms with E-state index in [1.54, 1.807) is 0 Å². The van der Waals surface area contributed by atoms with E-state index in [1.807, 2.05) is 6.26 Å². The van der Waals surface area contributed by atoms with E-state index in [9.17, 15) is 0 Å². The molecule has 1 aromatic rings. The van der Waals surface area contributed by atoms with Crippen LogP contribution in [0.15, 0.2) is 16.7 Å². The number of hydrogen-bond acceptors (Lipinski definition) is 2. The van der Waals surface area contributed by atoms with Crippen molar-refractivity contribution in [3.05, 3.63) is 23.7 Å². The average molecular weight is 191 g/mol. The van der Waals surface area contributed by atoms with E-state index in [4.69, 9.17) is 4.42 Å². The molecule has 3 atom stereocenters. The minimum Gasteiger partial charge on any atom is -0.469 e. The molecule has 2 nitrogen and oxygen atoms in total. The lowest BCUT2D eigenvalue weighted by Gasteiger charge is -2.35. The highest BCUT2D eigenvalue weighted by Crippen LogP contribution is 2.52. The Bertz CT molecular complexity index is 357.